The van der Waals surface area contributed by atoms with Crippen molar-refractivity contribution in [3.05, 3.63) is 0 Å². The van der Waals surface area contributed by atoms with Crippen LogP contribution in [-0.2, 0) is 18.4 Å². The van der Waals surface area contributed by atoms with Crippen molar-refractivity contribution in [3.63, 3.8) is 0 Å². The molecule has 62 heavy (non-hydrogen) atoms. The van der Waals surface area contributed by atoms with Crippen LogP contribution in [0.4, 0.5) is 0 Å². The number of hydrogen-bond acceptors (Lipinski definition) is 6. The average molecular weight is 901 g/mol. The lowest BCUT2D eigenvalue weighted by molar-refractivity contribution is -0.870. The number of amides is 1. The number of phosphoric ester groups is 1. The van der Waals surface area contributed by atoms with Gasteiger partial charge in [0.15, 0.2) is 0 Å². The fourth-order valence-corrected chi connectivity index (χ4v) is 9.24. The summed E-state index contributed by atoms with van der Waals surface area (Å²) >= 11 is 0. The minimum Gasteiger partial charge on any atom is -0.756 e. The highest BCUT2D eigenvalue weighted by atomic mass is 31.2. The normalized spacial score (nSPS) is 14.0. The van der Waals surface area contributed by atoms with Gasteiger partial charge in [0.2, 0.25) is 5.91 Å². The number of phosphoric acid groups is 1. The second-order valence-electron chi connectivity index (χ2n) is 20.3. The lowest BCUT2D eigenvalue weighted by Gasteiger charge is -2.30. The zero-order chi connectivity index (χ0) is 45.7. The Hall–Kier alpha value is -0.500. The third kappa shape index (κ3) is 47.5. The molecule has 8 nitrogen and oxygen atoms in total. The van der Waals surface area contributed by atoms with E-state index in [1.54, 1.807) is 0 Å². The number of aliphatic hydroxyl groups excluding tert-OH is 1. The van der Waals surface area contributed by atoms with E-state index in [0.29, 0.717) is 23.9 Å². The van der Waals surface area contributed by atoms with E-state index < -0.39 is 20.0 Å². The van der Waals surface area contributed by atoms with Gasteiger partial charge in [-0.3, -0.25) is 9.36 Å². The quantitative estimate of drug-likeness (QED) is 0.0358. The topological polar surface area (TPSA) is 108 Å². The zero-order valence-corrected chi connectivity index (χ0v) is 43.3. The lowest BCUT2D eigenvalue weighted by atomic mass is 10.0. The van der Waals surface area contributed by atoms with Gasteiger partial charge in [-0.05, 0) is 12.8 Å². The van der Waals surface area contributed by atoms with E-state index in [1.165, 1.54) is 218 Å². The molecular formula is C53H109N2O6P. The first-order valence-corrected chi connectivity index (χ1v) is 28.8. The number of rotatable bonds is 51. The Balaban J connectivity index is 4.00. The molecule has 372 valence electrons. The van der Waals surface area contributed by atoms with Gasteiger partial charge in [-0.25, -0.2) is 0 Å². The maximum Gasteiger partial charge on any atom is 0.268 e. The summed E-state index contributed by atoms with van der Waals surface area (Å²) in [7, 11) is 1.32. The molecule has 0 fully saturated rings. The number of likely N-dealkylation sites (N-methyl/N-ethyl adjacent to an activating group) is 1. The van der Waals surface area contributed by atoms with Gasteiger partial charge in [0.1, 0.15) is 13.2 Å². The molecule has 0 bridgehead atoms. The number of hydrogen-bond donors (Lipinski definition) is 2. The summed E-state index contributed by atoms with van der Waals surface area (Å²) in [5.41, 5.74) is 0. The first-order valence-electron chi connectivity index (χ1n) is 27.4. The standard InChI is InChI=1S/C53H109N2O6P/c1-6-8-10-12-14-16-18-20-21-22-23-24-25-26-27-28-29-30-31-32-33-34-35-37-39-41-43-45-47-53(57)54-51(50-61-62(58,59)60-49-48-55(3,4)5)52(56)46-44-42-40-38-36-19-17-15-13-11-9-7-2/h51-52,56H,6-50H2,1-5H3,(H-,54,57,58,59). The molecule has 0 saturated heterocycles. The summed E-state index contributed by atoms with van der Waals surface area (Å²) in [6.07, 6.45) is 52.8. The van der Waals surface area contributed by atoms with E-state index in [9.17, 15) is 19.4 Å². The molecule has 0 aromatic carbocycles. The Kier molecular flexibility index (Phi) is 45.3. The molecule has 0 aliphatic rings. The van der Waals surface area contributed by atoms with E-state index in [1.807, 2.05) is 21.1 Å². The Labute approximate surface area is 387 Å². The second kappa shape index (κ2) is 45.6. The van der Waals surface area contributed by atoms with Crippen molar-refractivity contribution >= 4 is 13.7 Å². The van der Waals surface area contributed by atoms with Crippen LogP contribution in [0.25, 0.3) is 0 Å². The predicted octanol–water partition coefficient (Wildman–Crippen LogP) is 15.5. The first-order chi connectivity index (χ1) is 30.0. The highest BCUT2D eigenvalue weighted by molar-refractivity contribution is 7.45. The SMILES string of the molecule is CCCCCCCCCCCCCCCCCCCCCCCCCCCCCCC(=O)NC(COP(=O)([O-])OCC[N+](C)(C)C)C(O)CCCCCCCCCCCCCC. The zero-order valence-electron chi connectivity index (χ0n) is 42.4. The van der Waals surface area contributed by atoms with Crippen LogP contribution in [0.15, 0.2) is 0 Å². The molecular weight excluding hydrogens is 792 g/mol. The van der Waals surface area contributed by atoms with Gasteiger partial charge in [-0.2, -0.15) is 0 Å². The van der Waals surface area contributed by atoms with E-state index in [2.05, 4.69) is 19.2 Å². The maximum atomic E-state index is 12.9. The summed E-state index contributed by atoms with van der Waals surface area (Å²) in [4.78, 5) is 25.4. The minimum absolute atomic E-state index is 0.0162. The van der Waals surface area contributed by atoms with Crippen LogP contribution < -0.4 is 10.2 Å². The van der Waals surface area contributed by atoms with E-state index in [0.717, 1.165) is 38.5 Å². The summed E-state index contributed by atoms with van der Waals surface area (Å²) in [6.45, 7) is 4.75. The first kappa shape index (κ1) is 61.5. The third-order valence-corrected chi connectivity index (χ3v) is 13.8. The Morgan fingerprint density at radius 1 is 0.500 bits per heavy atom. The molecule has 1 amide bonds. The van der Waals surface area contributed by atoms with Gasteiger partial charge in [0.05, 0.1) is 39.9 Å². The van der Waals surface area contributed by atoms with Crippen LogP contribution in [0, 0.1) is 0 Å². The predicted molar refractivity (Wildman–Crippen MR) is 266 cm³/mol. The molecule has 0 aliphatic heterocycles. The number of aliphatic hydroxyl groups is 1. The summed E-state index contributed by atoms with van der Waals surface area (Å²) < 4.78 is 23.3. The van der Waals surface area contributed by atoms with Crippen LogP contribution in [0.3, 0.4) is 0 Å². The highest BCUT2D eigenvalue weighted by Gasteiger charge is 2.24. The van der Waals surface area contributed by atoms with Gasteiger partial charge in [-0.15, -0.1) is 0 Å². The van der Waals surface area contributed by atoms with Crippen LogP contribution in [0.5, 0.6) is 0 Å². The van der Waals surface area contributed by atoms with Crippen molar-refractivity contribution in [2.24, 2.45) is 0 Å². The molecule has 0 spiro atoms. The van der Waals surface area contributed by atoms with Gasteiger partial charge < -0.3 is 28.8 Å². The van der Waals surface area contributed by atoms with Gasteiger partial charge in [0.25, 0.3) is 7.82 Å². The molecule has 2 N–H and O–H groups in total. The molecule has 0 saturated carbocycles. The van der Waals surface area contributed by atoms with Crippen LogP contribution >= 0.6 is 7.82 Å². The largest absolute Gasteiger partial charge is 0.756 e. The van der Waals surface area contributed by atoms with Crippen molar-refractivity contribution in [1.29, 1.82) is 0 Å². The van der Waals surface area contributed by atoms with Crippen molar-refractivity contribution in [3.8, 4) is 0 Å². The number of carbonyl (C=O) groups excluding carboxylic acids is 1. The van der Waals surface area contributed by atoms with Crippen molar-refractivity contribution in [2.45, 2.75) is 296 Å². The molecule has 0 heterocycles. The number of nitrogens with one attached hydrogen (secondary N) is 1. The fraction of sp³-hybridized carbons (Fsp3) is 0.981. The number of nitrogens with zero attached hydrogens (tertiary/aromatic N) is 1. The summed E-state index contributed by atoms with van der Waals surface area (Å²) in [6, 6.07) is -0.793. The Morgan fingerprint density at radius 2 is 0.790 bits per heavy atom. The molecule has 0 rings (SSSR count). The molecule has 0 aromatic heterocycles. The Morgan fingerprint density at radius 3 is 1.10 bits per heavy atom. The van der Waals surface area contributed by atoms with Gasteiger partial charge in [-0.1, -0.05) is 264 Å². The lowest BCUT2D eigenvalue weighted by Crippen LogP contribution is -2.46. The summed E-state index contributed by atoms with van der Waals surface area (Å²) in [5, 5.41) is 13.9. The summed E-state index contributed by atoms with van der Waals surface area (Å²) in [5.74, 6) is -0.158. The smallest absolute Gasteiger partial charge is 0.268 e. The van der Waals surface area contributed by atoms with E-state index >= 15 is 0 Å². The Bertz CT molecular complexity index is 978. The monoisotopic (exact) mass is 901 g/mol. The third-order valence-electron chi connectivity index (χ3n) is 12.8. The molecule has 9 heteroatoms. The van der Waals surface area contributed by atoms with Crippen LogP contribution in [0.1, 0.15) is 284 Å². The second-order valence-corrected chi connectivity index (χ2v) is 21.7. The van der Waals surface area contributed by atoms with Gasteiger partial charge >= 0.3 is 0 Å². The van der Waals surface area contributed by atoms with Gasteiger partial charge in [0, 0.05) is 6.42 Å². The number of unbranched alkanes of at least 4 members (excludes halogenated alkanes) is 38. The number of quaternary nitrogens is 1. The van der Waals surface area contributed by atoms with Crippen LogP contribution in [-0.4, -0.2) is 68.5 Å². The molecule has 3 unspecified atom stereocenters. The van der Waals surface area contributed by atoms with Crippen LogP contribution in [0.2, 0.25) is 0 Å². The van der Waals surface area contributed by atoms with Crippen molar-refractivity contribution < 1.29 is 32.9 Å². The average Bonchev–Trinajstić information content (AvgIpc) is 3.23. The van der Waals surface area contributed by atoms with E-state index in [4.69, 9.17) is 9.05 Å². The van der Waals surface area contributed by atoms with Crippen molar-refractivity contribution in [2.75, 3.05) is 40.9 Å². The fourth-order valence-electron chi connectivity index (χ4n) is 8.51. The number of carbonyl (C=O) groups is 1. The molecule has 0 aromatic rings. The molecule has 0 aliphatic carbocycles. The van der Waals surface area contributed by atoms with Crippen molar-refractivity contribution in [1.82, 2.24) is 5.32 Å². The maximum absolute atomic E-state index is 12.9. The van der Waals surface area contributed by atoms with E-state index in [-0.39, 0.29) is 19.1 Å². The minimum atomic E-state index is -4.56. The molecule has 0 radical (unpaired) electrons. The molecule has 3 atom stereocenters. The highest BCUT2D eigenvalue weighted by Crippen LogP contribution is 2.38.